The fourth-order valence-electron chi connectivity index (χ4n) is 1.68. The first-order valence-electron chi connectivity index (χ1n) is 5.43. The highest BCUT2D eigenvalue weighted by molar-refractivity contribution is 5.93. The lowest BCUT2D eigenvalue weighted by atomic mass is 10.1. The Bertz CT molecular complexity index is 671. The summed E-state index contributed by atoms with van der Waals surface area (Å²) in [4.78, 5) is 18.3. The van der Waals surface area contributed by atoms with E-state index in [0.29, 0.717) is 0 Å². The molecule has 0 saturated heterocycles. The van der Waals surface area contributed by atoms with Crippen LogP contribution in [-0.4, -0.2) is 28.2 Å². The molecule has 0 bridgehead atoms. The minimum Gasteiger partial charge on any atom is -0.478 e. The summed E-state index contributed by atoms with van der Waals surface area (Å²) in [6.07, 6.45) is -4.58. The van der Waals surface area contributed by atoms with Crippen molar-refractivity contribution in [3.8, 4) is 0 Å². The molecule has 5 nitrogen and oxygen atoms in total. The van der Waals surface area contributed by atoms with Gasteiger partial charge in [0.25, 0.3) is 0 Å². The van der Waals surface area contributed by atoms with Crippen molar-refractivity contribution in [3.05, 3.63) is 35.2 Å². The molecule has 0 atom stereocenters. The number of ether oxygens (including phenoxy) is 1. The Labute approximate surface area is 111 Å². The summed E-state index contributed by atoms with van der Waals surface area (Å²) in [6, 6.07) is 3.15. The number of nitrogens with zero attached hydrogens (tertiary/aromatic N) is 2. The SMILES string of the molecule is COCc1nc2nc(C(F)(F)F)ccc2cc1C(=O)O. The van der Waals surface area contributed by atoms with Crippen LogP contribution in [0.5, 0.6) is 0 Å². The number of rotatable bonds is 3. The summed E-state index contributed by atoms with van der Waals surface area (Å²) < 4.78 is 42.5. The largest absolute Gasteiger partial charge is 0.478 e. The van der Waals surface area contributed by atoms with Gasteiger partial charge in [-0.1, -0.05) is 0 Å². The summed E-state index contributed by atoms with van der Waals surface area (Å²) in [5, 5.41) is 9.26. The number of aromatic carboxylic acids is 1. The van der Waals surface area contributed by atoms with Crippen molar-refractivity contribution in [2.45, 2.75) is 12.8 Å². The predicted octanol–water partition coefficient (Wildman–Crippen LogP) is 2.49. The second kappa shape index (κ2) is 5.04. The van der Waals surface area contributed by atoms with Gasteiger partial charge in [0.2, 0.25) is 0 Å². The number of carboxylic acid groups (broad SMARTS) is 1. The predicted molar refractivity (Wildman–Crippen MR) is 62.2 cm³/mol. The molecule has 2 aromatic heterocycles. The van der Waals surface area contributed by atoms with Crippen LogP contribution < -0.4 is 0 Å². The zero-order valence-electron chi connectivity index (χ0n) is 10.2. The maximum Gasteiger partial charge on any atom is 0.433 e. The molecule has 106 valence electrons. The molecule has 2 rings (SSSR count). The van der Waals surface area contributed by atoms with Crippen LogP contribution in [0.3, 0.4) is 0 Å². The molecular formula is C12H9F3N2O3. The number of carboxylic acids is 1. The van der Waals surface area contributed by atoms with Crippen LogP contribution in [0.15, 0.2) is 18.2 Å². The maximum atomic E-state index is 12.6. The van der Waals surface area contributed by atoms with Gasteiger partial charge in [0, 0.05) is 12.5 Å². The molecule has 20 heavy (non-hydrogen) atoms. The van der Waals surface area contributed by atoms with Gasteiger partial charge in [0.1, 0.15) is 5.69 Å². The van der Waals surface area contributed by atoms with Crippen molar-refractivity contribution < 1.29 is 27.8 Å². The quantitative estimate of drug-likeness (QED) is 0.938. The average molecular weight is 286 g/mol. The summed E-state index contributed by atoms with van der Waals surface area (Å²) in [5.74, 6) is -1.23. The maximum absolute atomic E-state index is 12.6. The van der Waals surface area contributed by atoms with Crippen LogP contribution in [0, 0.1) is 0 Å². The van der Waals surface area contributed by atoms with Crippen LogP contribution in [-0.2, 0) is 17.5 Å². The van der Waals surface area contributed by atoms with Crippen LogP contribution in [0.4, 0.5) is 13.2 Å². The van der Waals surface area contributed by atoms with Gasteiger partial charge in [0.15, 0.2) is 5.65 Å². The van der Waals surface area contributed by atoms with Crippen molar-refractivity contribution >= 4 is 17.0 Å². The third kappa shape index (κ3) is 2.69. The molecule has 0 unspecified atom stereocenters. The smallest absolute Gasteiger partial charge is 0.433 e. The molecule has 0 saturated carbocycles. The highest BCUT2D eigenvalue weighted by atomic mass is 19.4. The second-order valence-electron chi connectivity index (χ2n) is 3.96. The Morgan fingerprint density at radius 1 is 1.35 bits per heavy atom. The fourth-order valence-corrected chi connectivity index (χ4v) is 1.68. The van der Waals surface area contributed by atoms with Crippen molar-refractivity contribution in [1.82, 2.24) is 9.97 Å². The van der Waals surface area contributed by atoms with Gasteiger partial charge in [-0.15, -0.1) is 0 Å². The molecule has 0 amide bonds. The highest BCUT2D eigenvalue weighted by Gasteiger charge is 2.32. The lowest BCUT2D eigenvalue weighted by Gasteiger charge is -2.09. The minimum atomic E-state index is -4.58. The molecule has 0 aromatic carbocycles. The number of hydrogen-bond donors (Lipinski definition) is 1. The topological polar surface area (TPSA) is 72.3 Å². The highest BCUT2D eigenvalue weighted by Crippen LogP contribution is 2.29. The molecule has 2 aromatic rings. The number of methoxy groups -OCH3 is 1. The van der Waals surface area contributed by atoms with E-state index in [1.54, 1.807) is 0 Å². The third-order valence-electron chi connectivity index (χ3n) is 2.56. The van der Waals surface area contributed by atoms with Crippen molar-refractivity contribution in [2.24, 2.45) is 0 Å². The first-order chi connectivity index (χ1) is 9.32. The first kappa shape index (κ1) is 14.2. The molecule has 0 aliphatic rings. The van der Waals surface area contributed by atoms with E-state index < -0.39 is 17.8 Å². The van der Waals surface area contributed by atoms with Gasteiger partial charge in [0.05, 0.1) is 17.9 Å². The molecule has 0 aliphatic heterocycles. The minimum absolute atomic E-state index is 0.0272. The second-order valence-corrected chi connectivity index (χ2v) is 3.96. The average Bonchev–Trinajstić information content (AvgIpc) is 2.36. The number of pyridine rings is 2. The van der Waals surface area contributed by atoms with E-state index in [1.807, 2.05) is 0 Å². The van der Waals surface area contributed by atoms with Gasteiger partial charge < -0.3 is 9.84 Å². The first-order valence-corrected chi connectivity index (χ1v) is 5.43. The molecular weight excluding hydrogens is 277 g/mol. The zero-order valence-corrected chi connectivity index (χ0v) is 10.2. The third-order valence-corrected chi connectivity index (χ3v) is 2.56. The van der Waals surface area contributed by atoms with E-state index in [2.05, 4.69) is 9.97 Å². The summed E-state index contributed by atoms with van der Waals surface area (Å²) in [6.45, 7) is -0.129. The van der Waals surface area contributed by atoms with Crippen LogP contribution in [0.25, 0.3) is 11.0 Å². The molecule has 0 spiro atoms. The Morgan fingerprint density at radius 2 is 2.05 bits per heavy atom. The number of carbonyl (C=O) groups is 1. The van der Waals surface area contributed by atoms with Gasteiger partial charge >= 0.3 is 12.1 Å². The van der Waals surface area contributed by atoms with Crippen LogP contribution in [0.1, 0.15) is 21.7 Å². The van der Waals surface area contributed by atoms with E-state index in [1.165, 1.54) is 13.2 Å². The Morgan fingerprint density at radius 3 is 2.60 bits per heavy atom. The monoisotopic (exact) mass is 286 g/mol. The molecule has 0 aliphatic carbocycles. The van der Waals surface area contributed by atoms with E-state index in [0.717, 1.165) is 12.1 Å². The number of hydrogen-bond acceptors (Lipinski definition) is 4. The summed E-state index contributed by atoms with van der Waals surface area (Å²) in [7, 11) is 1.33. The van der Waals surface area contributed by atoms with Crippen molar-refractivity contribution in [2.75, 3.05) is 7.11 Å². The van der Waals surface area contributed by atoms with E-state index >= 15 is 0 Å². The normalized spacial score (nSPS) is 11.8. The van der Waals surface area contributed by atoms with Gasteiger partial charge in [-0.3, -0.25) is 0 Å². The van der Waals surface area contributed by atoms with E-state index in [4.69, 9.17) is 9.84 Å². The number of alkyl halides is 3. The van der Waals surface area contributed by atoms with Crippen molar-refractivity contribution in [1.29, 1.82) is 0 Å². The van der Waals surface area contributed by atoms with E-state index in [9.17, 15) is 18.0 Å². The lowest BCUT2D eigenvalue weighted by molar-refractivity contribution is -0.141. The van der Waals surface area contributed by atoms with Gasteiger partial charge in [-0.2, -0.15) is 13.2 Å². The summed E-state index contributed by atoms with van der Waals surface area (Å²) in [5.41, 5.74) is -1.35. The Balaban J connectivity index is 2.65. The Kier molecular flexibility index (Phi) is 3.58. The van der Waals surface area contributed by atoms with Crippen molar-refractivity contribution in [3.63, 3.8) is 0 Å². The number of aromatic nitrogens is 2. The number of fused-ring (bicyclic) bond motifs is 1. The Hall–Kier alpha value is -2.22. The molecule has 1 N–H and O–H groups in total. The van der Waals surface area contributed by atoms with Gasteiger partial charge in [-0.25, -0.2) is 14.8 Å². The molecule has 0 radical (unpaired) electrons. The molecule has 0 fully saturated rings. The molecule has 2 heterocycles. The standard InChI is InChI=1S/C12H9F3N2O3/c1-20-5-8-7(11(18)19)4-6-2-3-9(12(13,14)15)17-10(6)16-8/h2-4H,5H2,1H3,(H,18,19). The fraction of sp³-hybridized carbons (Fsp3) is 0.250. The van der Waals surface area contributed by atoms with E-state index in [-0.39, 0.29) is 28.9 Å². The van der Waals surface area contributed by atoms with Gasteiger partial charge in [-0.05, 0) is 18.2 Å². The molecule has 8 heteroatoms. The van der Waals surface area contributed by atoms with Crippen LogP contribution in [0.2, 0.25) is 0 Å². The summed E-state index contributed by atoms with van der Waals surface area (Å²) >= 11 is 0. The number of halogens is 3. The van der Waals surface area contributed by atoms with Crippen LogP contribution >= 0.6 is 0 Å². The zero-order chi connectivity index (χ0) is 14.9. The lowest BCUT2D eigenvalue weighted by Crippen LogP contribution is -2.10.